The summed E-state index contributed by atoms with van der Waals surface area (Å²) in [5.41, 5.74) is -7.57. The Bertz CT molecular complexity index is 999. The van der Waals surface area contributed by atoms with Crippen molar-refractivity contribution in [1.29, 1.82) is 0 Å². The van der Waals surface area contributed by atoms with E-state index in [9.17, 15) is 50.6 Å². The van der Waals surface area contributed by atoms with Crippen LogP contribution in [0.2, 0.25) is 0 Å². The fourth-order valence-corrected chi connectivity index (χ4v) is 2.32. The number of hydrogen-bond donors (Lipinski definition) is 0. The summed E-state index contributed by atoms with van der Waals surface area (Å²) in [6.45, 7) is 0. The van der Waals surface area contributed by atoms with Crippen LogP contribution in [0, 0.1) is 50.6 Å². The van der Waals surface area contributed by atoms with E-state index in [0.717, 1.165) is 18.2 Å². The van der Waals surface area contributed by atoms with Gasteiger partial charge >= 0.3 is 22.7 Å². The molecule has 2 rings (SSSR count). The van der Waals surface area contributed by atoms with E-state index in [1.807, 2.05) is 0 Å². The first-order chi connectivity index (χ1) is 11.6. The molecule has 0 bridgehead atoms. The normalized spacial score (nSPS) is 10.4. The fourth-order valence-electron chi connectivity index (χ4n) is 2.32. The minimum absolute atomic E-state index is 0.731. The van der Waals surface area contributed by atoms with E-state index in [2.05, 4.69) is 0 Å². The molecule has 0 spiro atoms. The van der Waals surface area contributed by atoms with Crippen molar-refractivity contribution in [2.75, 3.05) is 0 Å². The molecule has 2 aromatic carbocycles. The number of nitro benzene ring substituents is 5. The van der Waals surface area contributed by atoms with E-state index >= 15 is 0 Å². The summed E-state index contributed by atoms with van der Waals surface area (Å²) in [6.07, 6.45) is 0. The number of benzene rings is 2. The molecule has 0 aliphatic heterocycles. The quantitative estimate of drug-likeness (QED) is 0.564. The minimum Gasteiger partial charge on any atom is -0.258 e. The Morgan fingerprint density at radius 2 is 1.00 bits per heavy atom. The van der Waals surface area contributed by atoms with E-state index in [4.69, 9.17) is 0 Å². The van der Waals surface area contributed by atoms with Gasteiger partial charge in [0.2, 0.25) is 0 Å². The summed E-state index contributed by atoms with van der Waals surface area (Å²) in [4.78, 5) is 48.8. The Balaban J connectivity index is 3.38. The van der Waals surface area contributed by atoms with Gasteiger partial charge in [0.1, 0.15) is 0 Å². The molecule has 2 aromatic rings. The summed E-state index contributed by atoms with van der Waals surface area (Å²) < 4.78 is 0. The van der Waals surface area contributed by atoms with Gasteiger partial charge in [-0.25, -0.2) is 0 Å². The van der Waals surface area contributed by atoms with Gasteiger partial charge < -0.3 is 0 Å². The topological polar surface area (TPSA) is 216 Å². The van der Waals surface area contributed by atoms with Crippen LogP contribution in [0.4, 0.5) is 28.4 Å². The van der Waals surface area contributed by atoms with E-state index in [-0.39, 0.29) is 0 Å². The standard InChI is InChI=1S/C10H3N5O10/c16-11(17)5-3-1-2-4-6(5)8(13(20)21)10(15(24)25)9(14(22)23)7(4)12(18)19/h1-3H. The van der Waals surface area contributed by atoms with Crippen molar-refractivity contribution in [2.45, 2.75) is 0 Å². The molecule has 0 radical (unpaired) electrons. The van der Waals surface area contributed by atoms with E-state index in [1.54, 1.807) is 0 Å². The van der Waals surface area contributed by atoms with Crippen LogP contribution in [-0.2, 0) is 0 Å². The van der Waals surface area contributed by atoms with Crippen molar-refractivity contribution < 1.29 is 24.6 Å². The van der Waals surface area contributed by atoms with Crippen LogP contribution >= 0.6 is 0 Å². The summed E-state index contributed by atoms with van der Waals surface area (Å²) >= 11 is 0. The zero-order valence-corrected chi connectivity index (χ0v) is 11.6. The van der Waals surface area contributed by atoms with Crippen molar-refractivity contribution in [2.24, 2.45) is 0 Å². The highest BCUT2D eigenvalue weighted by atomic mass is 16.7. The summed E-state index contributed by atoms with van der Waals surface area (Å²) in [6, 6.07) is 2.44. The Labute approximate surface area is 133 Å². The van der Waals surface area contributed by atoms with Gasteiger partial charge in [-0.15, -0.1) is 0 Å². The number of nitrogens with zero attached hydrogens (tertiary/aromatic N) is 5. The zero-order chi connectivity index (χ0) is 19.0. The third-order valence-corrected chi connectivity index (χ3v) is 3.13. The SMILES string of the molecule is O=[N+]([O-])c1c([N+](=O)[O-])c([N+](=O)[O-])c2c([N+](=O)[O-])cccc2c1[N+](=O)[O-]. The van der Waals surface area contributed by atoms with Gasteiger partial charge in [-0.05, 0) is 6.07 Å². The number of hydrogen-bond acceptors (Lipinski definition) is 10. The first-order valence-corrected chi connectivity index (χ1v) is 5.94. The van der Waals surface area contributed by atoms with Gasteiger partial charge in [0, 0.05) is 6.07 Å². The van der Waals surface area contributed by atoms with Gasteiger partial charge in [-0.3, -0.25) is 50.6 Å². The second-order valence-electron chi connectivity index (χ2n) is 4.38. The van der Waals surface area contributed by atoms with Gasteiger partial charge in [-0.1, -0.05) is 6.07 Å². The predicted molar refractivity (Wildman–Crippen MR) is 77.2 cm³/mol. The summed E-state index contributed by atoms with van der Waals surface area (Å²) in [5, 5.41) is 54.0. The molecule has 0 fully saturated rings. The van der Waals surface area contributed by atoms with Crippen LogP contribution in [0.25, 0.3) is 10.8 Å². The number of fused-ring (bicyclic) bond motifs is 1. The first kappa shape index (κ1) is 17.1. The molecule has 0 aliphatic carbocycles. The van der Waals surface area contributed by atoms with Crippen molar-refractivity contribution >= 4 is 39.2 Å². The van der Waals surface area contributed by atoms with Gasteiger partial charge in [0.15, 0.2) is 5.39 Å². The van der Waals surface area contributed by atoms with Crippen LogP contribution in [-0.4, -0.2) is 24.6 Å². The molecule has 0 saturated carbocycles. The highest BCUT2D eigenvalue weighted by molar-refractivity contribution is 6.10. The zero-order valence-electron chi connectivity index (χ0n) is 11.6. The van der Waals surface area contributed by atoms with Gasteiger partial charge in [0.05, 0.1) is 30.0 Å². The average Bonchev–Trinajstić information content (AvgIpc) is 2.50. The largest absolute Gasteiger partial charge is 0.430 e. The van der Waals surface area contributed by atoms with Crippen LogP contribution < -0.4 is 0 Å². The molecule has 15 nitrogen and oxygen atoms in total. The highest BCUT2D eigenvalue weighted by Gasteiger charge is 2.49. The molecule has 25 heavy (non-hydrogen) atoms. The Morgan fingerprint density at radius 3 is 1.40 bits per heavy atom. The molecular weight excluding hydrogens is 350 g/mol. The molecule has 0 unspecified atom stereocenters. The van der Waals surface area contributed by atoms with E-state index in [0.29, 0.717) is 0 Å². The maximum Gasteiger partial charge on any atom is 0.430 e. The van der Waals surface area contributed by atoms with E-state index in [1.165, 1.54) is 0 Å². The Morgan fingerprint density at radius 1 is 0.560 bits per heavy atom. The number of rotatable bonds is 5. The third-order valence-electron chi connectivity index (χ3n) is 3.13. The van der Waals surface area contributed by atoms with Crippen LogP contribution in [0.1, 0.15) is 0 Å². The fraction of sp³-hybridized carbons (Fsp3) is 0. The van der Waals surface area contributed by atoms with Crippen molar-refractivity contribution in [1.82, 2.24) is 0 Å². The van der Waals surface area contributed by atoms with Crippen LogP contribution in [0.5, 0.6) is 0 Å². The molecule has 0 saturated heterocycles. The average molecular weight is 353 g/mol. The second kappa shape index (κ2) is 5.72. The first-order valence-electron chi connectivity index (χ1n) is 5.94. The molecule has 0 amide bonds. The third kappa shape index (κ3) is 2.50. The van der Waals surface area contributed by atoms with Gasteiger partial charge in [-0.2, -0.15) is 0 Å². The molecule has 0 atom stereocenters. The smallest absolute Gasteiger partial charge is 0.258 e. The van der Waals surface area contributed by atoms with Crippen molar-refractivity contribution in [3.8, 4) is 0 Å². The molecule has 0 aromatic heterocycles. The molecular formula is C10H3N5O10. The van der Waals surface area contributed by atoms with Crippen molar-refractivity contribution in [3.63, 3.8) is 0 Å². The summed E-state index contributed by atoms with van der Waals surface area (Å²) in [5.74, 6) is 0. The number of non-ortho nitro benzene ring substituents is 1. The molecule has 0 N–H and O–H groups in total. The predicted octanol–water partition coefficient (Wildman–Crippen LogP) is 2.38. The molecule has 0 aliphatic rings. The Kier molecular flexibility index (Phi) is 3.90. The van der Waals surface area contributed by atoms with Crippen molar-refractivity contribution in [3.05, 3.63) is 68.8 Å². The molecule has 15 heteroatoms. The maximum atomic E-state index is 11.3. The van der Waals surface area contributed by atoms with Crippen LogP contribution in [0.15, 0.2) is 18.2 Å². The van der Waals surface area contributed by atoms with Gasteiger partial charge in [0.25, 0.3) is 5.69 Å². The molecule has 128 valence electrons. The summed E-state index contributed by atoms with van der Waals surface area (Å²) in [7, 11) is 0. The highest BCUT2D eigenvalue weighted by Crippen LogP contribution is 2.51. The minimum atomic E-state index is -1.80. The lowest BCUT2D eigenvalue weighted by Gasteiger charge is -2.04. The lowest BCUT2D eigenvalue weighted by molar-refractivity contribution is -0.450. The monoisotopic (exact) mass is 353 g/mol. The lowest BCUT2D eigenvalue weighted by atomic mass is 10.0. The maximum absolute atomic E-state index is 11.3. The second-order valence-corrected chi connectivity index (χ2v) is 4.38. The molecule has 0 heterocycles. The number of nitro groups is 5. The Hall–Kier alpha value is -4.30. The van der Waals surface area contributed by atoms with Crippen LogP contribution in [0.3, 0.4) is 0 Å². The van der Waals surface area contributed by atoms with E-state index < -0.39 is 63.8 Å². The lowest BCUT2D eigenvalue weighted by Crippen LogP contribution is -2.07.